The summed E-state index contributed by atoms with van der Waals surface area (Å²) in [4.78, 5) is 37.5. The minimum atomic E-state index is -0.603. The van der Waals surface area contributed by atoms with E-state index in [1.807, 2.05) is 13.0 Å². The van der Waals surface area contributed by atoms with E-state index in [1.165, 1.54) is 0 Å². The van der Waals surface area contributed by atoms with Crippen LogP contribution < -0.4 is 5.32 Å². The van der Waals surface area contributed by atoms with Crippen molar-refractivity contribution in [2.45, 2.75) is 30.7 Å². The van der Waals surface area contributed by atoms with Gasteiger partial charge < -0.3 is 15.0 Å². The fourth-order valence-corrected chi connectivity index (χ4v) is 4.81. The monoisotopic (exact) mass is 412 g/mol. The first-order valence-corrected chi connectivity index (χ1v) is 9.35. The summed E-state index contributed by atoms with van der Waals surface area (Å²) in [5, 5.41) is 2.66. The molecule has 1 aromatic rings. The number of anilines is 1. The summed E-state index contributed by atoms with van der Waals surface area (Å²) in [6.07, 6.45) is 1.19. The number of nitrogens with one attached hydrogen (secondary N) is 1. The second kappa shape index (κ2) is 6.76. The molecule has 2 saturated heterocycles. The maximum absolute atomic E-state index is 12.3. The molecule has 0 aromatic heterocycles. The largest absolute Gasteiger partial charge is 0.454 e. The van der Waals surface area contributed by atoms with Gasteiger partial charge in [-0.3, -0.25) is 9.59 Å². The smallest absolute Gasteiger partial charge is 0.330 e. The SMILES string of the molecule is C[C@]12CCC(=O)N1[C@H](C(=O)OCC(=O)Nc1cccc(Br)c1)CS2. The van der Waals surface area contributed by atoms with E-state index in [0.717, 1.165) is 10.9 Å². The Hall–Kier alpha value is -1.54. The van der Waals surface area contributed by atoms with Gasteiger partial charge in [-0.05, 0) is 31.5 Å². The summed E-state index contributed by atoms with van der Waals surface area (Å²) in [5.74, 6) is -0.453. The van der Waals surface area contributed by atoms with Gasteiger partial charge in [-0.15, -0.1) is 11.8 Å². The molecule has 2 fully saturated rings. The van der Waals surface area contributed by atoms with Gasteiger partial charge in [-0.1, -0.05) is 22.0 Å². The average Bonchev–Trinajstić information content (AvgIpc) is 3.02. The molecule has 2 heterocycles. The second-order valence-corrected chi connectivity index (χ2v) is 8.35. The molecule has 0 aliphatic carbocycles. The number of hydrogen-bond donors (Lipinski definition) is 1. The molecule has 6 nitrogen and oxygen atoms in total. The van der Waals surface area contributed by atoms with Crippen molar-refractivity contribution in [2.24, 2.45) is 0 Å². The Labute approximate surface area is 152 Å². The number of benzene rings is 1. The normalized spacial score (nSPS) is 25.5. The number of thioether (sulfide) groups is 1. The third-order valence-electron chi connectivity index (χ3n) is 4.17. The van der Waals surface area contributed by atoms with E-state index >= 15 is 0 Å². The summed E-state index contributed by atoms with van der Waals surface area (Å²) in [7, 11) is 0. The number of fused-ring (bicyclic) bond motifs is 1. The van der Waals surface area contributed by atoms with Crippen molar-refractivity contribution in [2.75, 3.05) is 17.7 Å². The van der Waals surface area contributed by atoms with Crippen molar-refractivity contribution < 1.29 is 19.1 Å². The van der Waals surface area contributed by atoms with Crippen LogP contribution in [0, 0.1) is 0 Å². The Morgan fingerprint density at radius 1 is 1.50 bits per heavy atom. The van der Waals surface area contributed by atoms with Gasteiger partial charge in [0.05, 0.1) is 4.87 Å². The van der Waals surface area contributed by atoms with E-state index in [1.54, 1.807) is 34.9 Å². The zero-order valence-corrected chi connectivity index (χ0v) is 15.5. The zero-order chi connectivity index (χ0) is 17.3. The standard InChI is InChI=1S/C16H17BrN2O4S/c1-16-6-5-14(21)19(16)12(9-24-16)15(22)23-8-13(20)18-11-4-2-3-10(17)7-11/h2-4,7,12H,5-6,8-9H2,1H3,(H,18,20)/t12-,16-/m0/s1. The van der Waals surface area contributed by atoms with Crippen molar-refractivity contribution in [1.82, 2.24) is 4.90 Å². The van der Waals surface area contributed by atoms with Crippen LogP contribution in [0.4, 0.5) is 5.69 Å². The molecule has 0 saturated carbocycles. The Morgan fingerprint density at radius 3 is 3.04 bits per heavy atom. The van der Waals surface area contributed by atoms with Gasteiger partial charge >= 0.3 is 5.97 Å². The number of halogens is 1. The van der Waals surface area contributed by atoms with E-state index in [4.69, 9.17) is 4.74 Å². The quantitative estimate of drug-likeness (QED) is 0.768. The summed E-state index contributed by atoms with van der Waals surface area (Å²) in [6, 6.07) is 6.53. The fourth-order valence-electron chi connectivity index (χ4n) is 2.99. The van der Waals surface area contributed by atoms with Crippen molar-refractivity contribution in [3.8, 4) is 0 Å². The topological polar surface area (TPSA) is 75.7 Å². The molecule has 128 valence electrons. The van der Waals surface area contributed by atoms with Crippen LogP contribution in [-0.4, -0.2) is 46.0 Å². The molecule has 0 unspecified atom stereocenters. The molecule has 24 heavy (non-hydrogen) atoms. The number of esters is 1. The predicted octanol–water partition coefficient (Wildman–Crippen LogP) is 2.38. The first-order chi connectivity index (χ1) is 11.4. The summed E-state index contributed by atoms with van der Waals surface area (Å²) >= 11 is 4.91. The van der Waals surface area contributed by atoms with Crippen molar-refractivity contribution >= 4 is 51.2 Å². The summed E-state index contributed by atoms with van der Waals surface area (Å²) in [6.45, 7) is 1.60. The molecule has 0 bridgehead atoms. The van der Waals surface area contributed by atoms with Gasteiger partial charge in [0.25, 0.3) is 5.91 Å². The van der Waals surface area contributed by atoms with Crippen molar-refractivity contribution in [3.63, 3.8) is 0 Å². The van der Waals surface area contributed by atoms with Crippen LogP contribution >= 0.6 is 27.7 Å². The van der Waals surface area contributed by atoms with E-state index in [0.29, 0.717) is 17.9 Å². The number of hydrogen-bond acceptors (Lipinski definition) is 5. The third-order valence-corrected chi connectivity index (χ3v) is 6.17. The lowest BCUT2D eigenvalue weighted by molar-refractivity contribution is -0.155. The van der Waals surface area contributed by atoms with E-state index in [2.05, 4.69) is 21.2 Å². The zero-order valence-electron chi connectivity index (χ0n) is 13.1. The van der Waals surface area contributed by atoms with Crippen molar-refractivity contribution in [3.05, 3.63) is 28.7 Å². The van der Waals surface area contributed by atoms with Crippen LogP contribution in [0.5, 0.6) is 0 Å². The highest BCUT2D eigenvalue weighted by Gasteiger charge is 2.53. The van der Waals surface area contributed by atoms with E-state index in [-0.39, 0.29) is 17.4 Å². The lowest BCUT2D eigenvalue weighted by Gasteiger charge is -2.29. The molecule has 2 atom stereocenters. The van der Waals surface area contributed by atoms with Crippen LogP contribution in [0.1, 0.15) is 19.8 Å². The molecular weight excluding hydrogens is 396 g/mol. The molecule has 0 spiro atoms. The van der Waals surface area contributed by atoms with Crippen LogP contribution in [0.3, 0.4) is 0 Å². The van der Waals surface area contributed by atoms with Gasteiger partial charge in [0.2, 0.25) is 5.91 Å². The van der Waals surface area contributed by atoms with Crippen LogP contribution in [0.15, 0.2) is 28.7 Å². The second-order valence-electron chi connectivity index (χ2n) is 5.93. The molecule has 3 rings (SSSR count). The Kier molecular flexibility index (Phi) is 4.87. The Morgan fingerprint density at radius 2 is 2.29 bits per heavy atom. The van der Waals surface area contributed by atoms with E-state index < -0.39 is 17.9 Å². The van der Waals surface area contributed by atoms with Crippen molar-refractivity contribution in [1.29, 1.82) is 0 Å². The van der Waals surface area contributed by atoms with Crippen LogP contribution in [0.2, 0.25) is 0 Å². The summed E-state index contributed by atoms with van der Waals surface area (Å²) in [5.41, 5.74) is 0.615. The number of amides is 2. The highest BCUT2D eigenvalue weighted by molar-refractivity contribution is 9.10. The fraction of sp³-hybridized carbons (Fsp3) is 0.438. The highest BCUT2D eigenvalue weighted by atomic mass is 79.9. The van der Waals surface area contributed by atoms with Gasteiger partial charge in [0.1, 0.15) is 6.04 Å². The number of ether oxygens (including phenoxy) is 1. The Bertz CT molecular complexity index is 698. The molecule has 1 N–H and O–H groups in total. The molecule has 2 aliphatic rings. The molecule has 2 aliphatic heterocycles. The molecule has 0 radical (unpaired) electrons. The first-order valence-electron chi connectivity index (χ1n) is 7.57. The van der Waals surface area contributed by atoms with Gasteiger partial charge in [0, 0.05) is 22.3 Å². The summed E-state index contributed by atoms with van der Waals surface area (Å²) < 4.78 is 5.96. The molecule has 8 heteroatoms. The Balaban J connectivity index is 1.54. The predicted molar refractivity (Wildman–Crippen MR) is 94.5 cm³/mol. The lowest BCUT2D eigenvalue weighted by atomic mass is 10.2. The third kappa shape index (κ3) is 3.44. The van der Waals surface area contributed by atoms with E-state index in [9.17, 15) is 14.4 Å². The van der Waals surface area contributed by atoms with Crippen LogP contribution in [-0.2, 0) is 19.1 Å². The molecule has 1 aromatic carbocycles. The van der Waals surface area contributed by atoms with Crippen LogP contribution in [0.25, 0.3) is 0 Å². The number of nitrogens with zero attached hydrogens (tertiary/aromatic N) is 1. The number of carbonyl (C=O) groups is 3. The minimum absolute atomic E-state index is 0.0250. The van der Waals surface area contributed by atoms with Gasteiger partial charge in [-0.2, -0.15) is 0 Å². The molecule has 2 amide bonds. The number of rotatable bonds is 4. The maximum Gasteiger partial charge on any atom is 0.330 e. The lowest BCUT2D eigenvalue weighted by Crippen LogP contribution is -2.47. The minimum Gasteiger partial charge on any atom is -0.454 e. The highest BCUT2D eigenvalue weighted by Crippen LogP contribution is 2.47. The first kappa shape index (κ1) is 17.3. The van der Waals surface area contributed by atoms with Gasteiger partial charge in [0.15, 0.2) is 6.61 Å². The molecular formula is C16H17BrN2O4S. The average molecular weight is 413 g/mol. The van der Waals surface area contributed by atoms with Gasteiger partial charge in [-0.25, -0.2) is 4.79 Å². The number of carbonyl (C=O) groups excluding carboxylic acids is 3. The maximum atomic E-state index is 12.3.